The first-order valence-electron chi connectivity index (χ1n) is 9.78. The van der Waals surface area contributed by atoms with Gasteiger partial charge in [0.15, 0.2) is 0 Å². The number of amides is 2. The highest BCUT2D eigenvalue weighted by Gasteiger charge is 2.35. The number of para-hydroxylation sites is 1. The van der Waals surface area contributed by atoms with Crippen LogP contribution in [0.25, 0.3) is 0 Å². The van der Waals surface area contributed by atoms with Gasteiger partial charge in [-0.2, -0.15) is 0 Å². The summed E-state index contributed by atoms with van der Waals surface area (Å²) in [7, 11) is 0. The largest absolute Gasteiger partial charge is 0.490 e. The average Bonchev–Trinajstić information content (AvgIpc) is 2.64. The monoisotopic (exact) mass is 375 g/mol. The van der Waals surface area contributed by atoms with Crippen molar-refractivity contribution in [2.75, 3.05) is 26.2 Å². The second kappa shape index (κ2) is 9.08. The molecule has 1 aliphatic carbocycles. The van der Waals surface area contributed by atoms with Crippen LogP contribution >= 0.6 is 0 Å². The number of carboxylic acids is 1. The highest BCUT2D eigenvalue weighted by atomic mass is 16.5. The lowest BCUT2D eigenvalue weighted by molar-refractivity contribution is -0.139. The maximum atomic E-state index is 12.5. The van der Waals surface area contributed by atoms with Crippen molar-refractivity contribution < 1.29 is 19.4 Å². The number of carbonyl (C=O) groups is 2. The first-order valence-corrected chi connectivity index (χ1v) is 9.78. The molecule has 27 heavy (non-hydrogen) atoms. The molecule has 7 heteroatoms. The molecular weight excluding hydrogens is 346 g/mol. The van der Waals surface area contributed by atoms with E-state index in [0.717, 1.165) is 31.4 Å². The Morgan fingerprint density at radius 1 is 1.22 bits per heavy atom. The fourth-order valence-corrected chi connectivity index (χ4v) is 3.81. The molecular formula is C20H29N3O4. The highest BCUT2D eigenvalue weighted by Crippen LogP contribution is 2.26. The molecule has 7 nitrogen and oxygen atoms in total. The Morgan fingerprint density at radius 3 is 2.48 bits per heavy atom. The van der Waals surface area contributed by atoms with Gasteiger partial charge in [0.25, 0.3) is 0 Å². The lowest BCUT2D eigenvalue weighted by atomic mass is 9.85. The van der Waals surface area contributed by atoms with Gasteiger partial charge in [0.1, 0.15) is 11.9 Å². The molecule has 1 heterocycles. The summed E-state index contributed by atoms with van der Waals surface area (Å²) >= 11 is 0. The lowest BCUT2D eigenvalue weighted by Crippen LogP contribution is -2.57. The SMILES string of the molecule is CCN(CC(=O)O)C1CC(NC(=O)N2CCC(Oc3ccccc3)CC2)C1. The van der Waals surface area contributed by atoms with E-state index < -0.39 is 5.97 Å². The van der Waals surface area contributed by atoms with Crippen LogP contribution in [0.2, 0.25) is 0 Å². The molecule has 0 bridgehead atoms. The van der Waals surface area contributed by atoms with Crippen LogP contribution in [0.1, 0.15) is 32.6 Å². The molecule has 2 aliphatic rings. The lowest BCUT2D eigenvalue weighted by Gasteiger charge is -2.43. The van der Waals surface area contributed by atoms with Gasteiger partial charge in [-0.25, -0.2) is 4.79 Å². The first-order chi connectivity index (χ1) is 13.0. The zero-order valence-electron chi connectivity index (χ0n) is 15.8. The zero-order valence-corrected chi connectivity index (χ0v) is 15.8. The van der Waals surface area contributed by atoms with Crippen molar-refractivity contribution in [2.45, 2.75) is 50.8 Å². The third kappa shape index (κ3) is 5.35. The molecule has 3 rings (SSSR count). The smallest absolute Gasteiger partial charge is 0.317 e. The Labute approximate surface area is 160 Å². The third-order valence-electron chi connectivity index (χ3n) is 5.48. The van der Waals surface area contributed by atoms with Gasteiger partial charge in [0.05, 0.1) is 6.54 Å². The summed E-state index contributed by atoms with van der Waals surface area (Å²) in [5.74, 6) is 0.0766. The highest BCUT2D eigenvalue weighted by molar-refractivity contribution is 5.74. The van der Waals surface area contributed by atoms with E-state index in [-0.39, 0.29) is 30.8 Å². The van der Waals surface area contributed by atoms with E-state index >= 15 is 0 Å². The van der Waals surface area contributed by atoms with Gasteiger partial charge in [-0.15, -0.1) is 0 Å². The van der Waals surface area contributed by atoms with Crippen LogP contribution < -0.4 is 10.1 Å². The van der Waals surface area contributed by atoms with E-state index in [1.165, 1.54) is 0 Å². The standard InChI is InChI=1S/C20H29N3O4/c1-2-22(14-19(24)25)16-12-15(13-16)21-20(26)23-10-8-18(9-11-23)27-17-6-4-3-5-7-17/h3-7,15-16,18H,2,8-14H2,1H3,(H,21,26)(H,24,25). The van der Waals surface area contributed by atoms with E-state index in [0.29, 0.717) is 19.6 Å². The number of carbonyl (C=O) groups excluding carboxylic acids is 1. The number of ether oxygens (including phenoxy) is 1. The van der Waals surface area contributed by atoms with Crippen LogP contribution in [0.5, 0.6) is 5.75 Å². The molecule has 1 aromatic rings. The van der Waals surface area contributed by atoms with Gasteiger partial charge >= 0.3 is 12.0 Å². The van der Waals surface area contributed by atoms with Gasteiger partial charge in [0, 0.05) is 38.0 Å². The zero-order chi connectivity index (χ0) is 19.2. The van der Waals surface area contributed by atoms with Crippen LogP contribution in [0.15, 0.2) is 30.3 Å². The number of aliphatic carboxylic acids is 1. The summed E-state index contributed by atoms with van der Waals surface area (Å²) in [6.45, 7) is 4.14. The van der Waals surface area contributed by atoms with E-state index in [9.17, 15) is 9.59 Å². The molecule has 1 aliphatic heterocycles. The molecule has 1 saturated carbocycles. The van der Waals surface area contributed by atoms with Crippen molar-refractivity contribution in [3.8, 4) is 5.75 Å². The predicted molar refractivity (Wildman–Crippen MR) is 102 cm³/mol. The van der Waals surface area contributed by atoms with Crippen LogP contribution in [0.4, 0.5) is 4.79 Å². The number of hydrogen-bond donors (Lipinski definition) is 2. The number of likely N-dealkylation sites (tertiary alicyclic amines) is 1. The van der Waals surface area contributed by atoms with Gasteiger partial charge in [-0.1, -0.05) is 25.1 Å². The van der Waals surface area contributed by atoms with E-state index in [2.05, 4.69) is 5.32 Å². The molecule has 2 fully saturated rings. The molecule has 0 unspecified atom stereocenters. The second-order valence-corrected chi connectivity index (χ2v) is 7.35. The van der Waals surface area contributed by atoms with Gasteiger partial charge < -0.3 is 20.1 Å². The normalized spacial score (nSPS) is 23.0. The van der Waals surface area contributed by atoms with E-state index in [4.69, 9.17) is 9.84 Å². The predicted octanol–water partition coefficient (Wildman–Crippen LogP) is 2.18. The average molecular weight is 375 g/mol. The molecule has 2 amide bonds. The van der Waals surface area contributed by atoms with Crippen LogP contribution in [0, 0.1) is 0 Å². The molecule has 2 N–H and O–H groups in total. The van der Waals surface area contributed by atoms with Gasteiger partial charge in [0.2, 0.25) is 0 Å². The Morgan fingerprint density at radius 2 is 1.89 bits per heavy atom. The number of rotatable bonds is 7. The topological polar surface area (TPSA) is 82.1 Å². The maximum absolute atomic E-state index is 12.5. The van der Waals surface area contributed by atoms with E-state index in [1.807, 2.05) is 47.1 Å². The first kappa shape index (κ1) is 19.5. The summed E-state index contributed by atoms with van der Waals surface area (Å²) in [6.07, 6.45) is 3.45. The number of likely N-dealkylation sites (N-methyl/N-ethyl adjacent to an activating group) is 1. The molecule has 0 atom stereocenters. The Kier molecular flexibility index (Phi) is 6.55. The molecule has 0 radical (unpaired) electrons. The van der Waals surface area contributed by atoms with Crippen molar-refractivity contribution in [1.82, 2.24) is 15.1 Å². The minimum absolute atomic E-state index is 0.0158. The van der Waals surface area contributed by atoms with Crippen molar-refractivity contribution in [1.29, 1.82) is 0 Å². The fraction of sp³-hybridized carbons (Fsp3) is 0.600. The number of nitrogens with zero attached hydrogens (tertiary/aromatic N) is 2. The van der Waals surface area contributed by atoms with Crippen molar-refractivity contribution in [3.63, 3.8) is 0 Å². The Hall–Kier alpha value is -2.28. The molecule has 148 valence electrons. The second-order valence-electron chi connectivity index (χ2n) is 7.35. The number of benzene rings is 1. The Balaban J connectivity index is 1.36. The fourth-order valence-electron chi connectivity index (χ4n) is 3.81. The summed E-state index contributed by atoms with van der Waals surface area (Å²) in [6, 6.07) is 10.2. The molecule has 0 aromatic heterocycles. The van der Waals surface area contributed by atoms with Gasteiger partial charge in [-0.3, -0.25) is 9.69 Å². The number of piperidine rings is 1. The van der Waals surface area contributed by atoms with Crippen LogP contribution in [0.3, 0.4) is 0 Å². The number of urea groups is 1. The van der Waals surface area contributed by atoms with Crippen LogP contribution in [-0.2, 0) is 4.79 Å². The minimum Gasteiger partial charge on any atom is -0.490 e. The van der Waals surface area contributed by atoms with Gasteiger partial charge in [-0.05, 0) is 31.5 Å². The number of carboxylic acid groups (broad SMARTS) is 1. The number of hydrogen-bond acceptors (Lipinski definition) is 4. The summed E-state index contributed by atoms with van der Waals surface area (Å²) in [5, 5.41) is 12.0. The summed E-state index contributed by atoms with van der Waals surface area (Å²) in [5.41, 5.74) is 0. The van der Waals surface area contributed by atoms with Crippen molar-refractivity contribution in [3.05, 3.63) is 30.3 Å². The summed E-state index contributed by atoms with van der Waals surface area (Å²) in [4.78, 5) is 27.2. The molecule has 0 spiro atoms. The molecule has 1 saturated heterocycles. The third-order valence-corrected chi connectivity index (χ3v) is 5.48. The maximum Gasteiger partial charge on any atom is 0.317 e. The Bertz CT molecular complexity index is 625. The van der Waals surface area contributed by atoms with Crippen molar-refractivity contribution >= 4 is 12.0 Å². The summed E-state index contributed by atoms with van der Waals surface area (Å²) < 4.78 is 5.97. The van der Waals surface area contributed by atoms with Crippen LogP contribution in [-0.4, -0.2) is 71.3 Å². The molecule has 1 aromatic carbocycles. The number of nitrogens with one attached hydrogen (secondary N) is 1. The van der Waals surface area contributed by atoms with E-state index in [1.54, 1.807) is 0 Å². The quantitative estimate of drug-likeness (QED) is 0.763. The van der Waals surface area contributed by atoms with Crippen molar-refractivity contribution in [2.24, 2.45) is 0 Å². The minimum atomic E-state index is -0.801.